The summed E-state index contributed by atoms with van der Waals surface area (Å²) in [5, 5.41) is 3.50. The van der Waals surface area contributed by atoms with Gasteiger partial charge < -0.3 is 5.32 Å². The summed E-state index contributed by atoms with van der Waals surface area (Å²) in [5.74, 6) is 0. The van der Waals surface area contributed by atoms with Crippen LogP contribution in [0, 0.1) is 5.41 Å². The number of hydrogen-bond acceptors (Lipinski definition) is 2. The van der Waals surface area contributed by atoms with Gasteiger partial charge in [0.25, 0.3) is 0 Å². The van der Waals surface area contributed by atoms with Crippen molar-refractivity contribution in [2.45, 2.75) is 33.7 Å². The van der Waals surface area contributed by atoms with Gasteiger partial charge in [-0.05, 0) is 24.5 Å². The maximum absolute atomic E-state index is 5.89. The molecular formula is C11H18ClNS. The molecule has 1 nitrogen and oxygen atoms in total. The van der Waals surface area contributed by atoms with Crippen LogP contribution in [0.4, 0.5) is 0 Å². The zero-order chi connectivity index (χ0) is 10.8. The Morgan fingerprint density at radius 2 is 2.07 bits per heavy atom. The Balaban J connectivity index is 2.47. The lowest BCUT2D eigenvalue weighted by atomic mass is 9.96. The van der Waals surface area contributed by atoms with E-state index in [1.165, 1.54) is 4.88 Å². The SMILES string of the molecule is CC(NCC(C)(C)C)c1ccc(Cl)s1. The van der Waals surface area contributed by atoms with E-state index in [9.17, 15) is 0 Å². The van der Waals surface area contributed by atoms with Crippen LogP contribution in [0.3, 0.4) is 0 Å². The summed E-state index contributed by atoms with van der Waals surface area (Å²) in [4.78, 5) is 1.30. The second kappa shape index (κ2) is 4.65. The Bertz CT molecular complexity index is 288. The quantitative estimate of drug-likeness (QED) is 0.826. The highest BCUT2D eigenvalue weighted by Crippen LogP contribution is 2.27. The van der Waals surface area contributed by atoms with Crippen LogP contribution in [0.2, 0.25) is 4.34 Å². The van der Waals surface area contributed by atoms with Gasteiger partial charge >= 0.3 is 0 Å². The molecule has 0 aliphatic heterocycles. The molecular weight excluding hydrogens is 214 g/mol. The van der Waals surface area contributed by atoms with Gasteiger partial charge in [0.1, 0.15) is 0 Å². The number of thiophene rings is 1. The highest BCUT2D eigenvalue weighted by molar-refractivity contribution is 7.16. The average molecular weight is 232 g/mol. The molecule has 1 atom stereocenters. The van der Waals surface area contributed by atoms with E-state index in [1.807, 2.05) is 6.07 Å². The topological polar surface area (TPSA) is 12.0 Å². The molecule has 1 N–H and O–H groups in total. The first-order chi connectivity index (χ1) is 6.38. The van der Waals surface area contributed by atoms with Crippen LogP contribution >= 0.6 is 22.9 Å². The van der Waals surface area contributed by atoms with E-state index in [-0.39, 0.29) is 0 Å². The van der Waals surface area contributed by atoms with E-state index >= 15 is 0 Å². The Morgan fingerprint density at radius 3 is 2.50 bits per heavy atom. The summed E-state index contributed by atoms with van der Waals surface area (Å²) in [7, 11) is 0. The zero-order valence-electron chi connectivity index (χ0n) is 9.23. The number of nitrogens with one attached hydrogen (secondary N) is 1. The Labute approximate surface area is 95.5 Å². The third-order valence-corrected chi connectivity index (χ3v) is 3.37. The summed E-state index contributed by atoms with van der Waals surface area (Å²) in [6.07, 6.45) is 0. The smallest absolute Gasteiger partial charge is 0.0931 e. The molecule has 0 fully saturated rings. The molecule has 0 saturated carbocycles. The number of rotatable bonds is 3. The van der Waals surface area contributed by atoms with Gasteiger partial charge in [0, 0.05) is 17.5 Å². The van der Waals surface area contributed by atoms with Crippen molar-refractivity contribution >= 4 is 22.9 Å². The maximum atomic E-state index is 5.89. The molecule has 0 spiro atoms. The van der Waals surface area contributed by atoms with Gasteiger partial charge in [0.15, 0.2) is 0 Å². The van der Waals surface area contributed by atoms with E-state index in [0.717, 1.165) is 10.9 Å². The minimum absolute atomic E-state index is 0.329. The van der Waals surface area contributed by atoms with Gasteiger partial charge in [-0.25, -0.2) is 0 Å². The van der Waals surface area contributed by atoms with Crippen LogP contribution < -0.4 is 5.32 Å². The molecule has 80 valence electrons. The lowest BCUT2D eigenvalue weighted by Crippen LogP contribution is -2.28. The van der Waals surface area contributed by atoms with Crippen LogP contribution in [-0.4, -0.2) is 6.54 Å². The van der Waals surface area contributed by atoms with Crippen molar-refractivity contribution < 1.29 is 0 Å². The molecule has 0 radical (unpaired) electrons. The minimum atomic E-state index is 0.329. The van der Waals surface area contributed by atoms with Crippen LogP contribution in [-0.2, 0) is 0 Å². The summed E-state index contributed by atoms with van der Waals surface area (Å²) < 4.78 is 0.865. The molecule has 0 saturated heterocycles. The van der Waals surface area contributed by atoms with Crippen LogP contribution in [0.25, 0.3) is 0 Å². The molecule has 0 aliphatic rings. The largest absolute Gasteiger partial charge is 0.309 e. The second-order valence-corrected chi connectivity index (χ2v) is 6.55. The third kappa shape index (κ3) is 3.99. The molecule has 1 aromatic rings. The van der Waals surface area contributed by atoms with Crippen molar-refractivity contribution in [1.82, 2.24) is 5.32 Å². The van der Waals surface area contributed by atoms with Crippen molar-refractivity contribution in [3.8, 4) is 0 Å². The average Bonchev–Trinajstić information content (AvgIpc) is 2.46. The third-order valence-electron chi connectivity index (χ3n) is 1.96. The molecule has 14 heavy (non-hydrogen) atoms. The van der Waals surface area contributed by atoms with E-state index in [2.05, 4.69) is 39.1 Å². The zero-order valence-corrected chi connectivity index (χ0v) is 10.8. The first kappa shape index (κ1) is 12.0. The monoisotopic (exact) mass is 231 g/mol. The minimum Gasteiger partial charge on any atom is -0.309 e. The lowest BCUT2D eigenvalue weighted by molar-refractivity contribution is 0.361. The predicted octanol–water partition coefficient (Wildman–Crippen LogP) is 4.10. The van der Waals surface area contributed by atoms with E-state index in [0.29, 0.717) is 11.5 Å². The molecule has 3 heteroatoms. The van der Waals surface area contributed by atoms with Crippen molar-refractivity contribution in [2.24, 2.45) is 5.41 Å². The lowest BCUT2D eigenvalue weighted by Gasteiger charge is -2.22. The van der Waals surface area contributed by atoms with Gasteiger partial charge in [-0.2, -0.15) is 0 Å². The molecule has 0 amide bonds. The molecule has 1 aromatic heterocycles. The first-order valence-corrected chi connectivity index (χ1v) is 6.06. The van der Waals surface area contributed by atoms with Crippen molar-refractivity contribution in [3.63, 3.8) is 0 Å². The molecule has 1 rings (SSSR count). The molecule has 1 heterocycles. The normalized spacial score (nSPS) is 14.4. The number of halogens is 1. The van der Waals surface area contributed by atoms with Gasteiger partial charge in [-0.15, -0.1) is 11.3 Å². The highest BCUT2D eigenvalue weighted by atomic mass is 35.5. The van der Waals surface area contributed by atoms with Crippen LogP contribution in [0.15, 0.2) is 12.1 Å². The van der Waals surface area contributed by atoms with E-state index in [4.69, 9.17) is 11.6 Å². The molecule has 0 aliphatic carbocycles. The summed E-state index contributed by atoms with van der Waals surface area (Å²) in [6, 6.07) is 4.44. The van der Waals surface area contributed by atoms with E-state index in [1.54, 1.807) is 11.3 Å². The fourth-order valence-electron chi connectivity index (χ4n) is 1.12. The van der Waals surface area contributed by atoms with E-state index < -0.39 is 0 Å². The van der Waals surface area contributed by atoms with Crippen molar-refractivity contribution in [1.29, 1.82) is 0 Å². The van der Waals surface area contributed by atoms with Crippen LogP contribution in [0.1, 0.15) is 38.6 Å². The molecule has 1 unspecified atom stereocenters. The number of hydrogen-bond donors (Lipinski definition) is 1. The Morgan fingerprint density at radius 1 is 1.43 bits per heavy atom. The highest BCUT2D eigenvalue weighted by Gasteiger charge is 2.13. The maximum Gasteiger partial charge on any atom is 0.0931 e. The molecule has 0 aromatic carbocycles. The first-order valence-electron chi connectivity index (χ1n) is 4.87. The fraction of sp³-hybridized carbons (Fsp3) is 0.636. The second-order valence-electron chi connectivity index (χ2n) is 4.81. The van der Waals surface area contributed by atoms with Gasteiger partial charge in [-0.3, -0.25) is 0 Å². The van der Waals surface area contributed by atoms with Gasteiger partial charge in [0.2, 0.25) is 0 Å². The summed E-state index contributed by atoms with van der Waals surface area (Å²) >= 11 is 7.53. The Kier molecular flexibility index (Phi) is 3.99. The summed E-state index contributed by atoms with van der Waals surface area (Å²) in [5.41, 5.74) is 0.329. The predicted molar refractivity (Wildman–Crippen MR) is 65.2 cm³/mol. The summed E-state index contributed by atoms with van der Waals surface area (Å²) in [6.45, 7) is 9.88. The fourth-order valence-corrected chi connectivity index (χ4v) is 2.21. The Hall–Kier alpha value is -0.0500. The van der Waals surface area contributed by atoms with Gasteiger partial charge in [0.05, 0.1) is 4.34 Å². The van der Waals surface area contributed by atoms with Gasteiger partial charge in [-0.1, -0.05) is 32.4 Å². The molecule has 0 bridgehead atoms. The van der Waals surface area contributed by atoms with Crippen molar-refractivity contribution in [3.05, 3.63) is 21.3 Å². The van der Waals surface area contributed by atoms with Crippen LogP contribution in [0.5, 0.6) is 0 Å². The van der Waals surface area contributed by atoms with Crippen molar-refractivity contribution in [2.75, 3.05) is 6.54 Å². The standard InChI is InChI=1S/C11H18ClNS/c1-8(13-7-11(2,3)4)9-5-6-10(12)14-9/h5-6,8,13H,7H2,1-4H3.